The lowest BCUT2D eigenvalue weighted by Gasteiger charge is -2.36. The van der Waals surface area contributed by atoms with Crippen LogP contribution in [0.4, 0.5) is 5.69 Å². The lowest BCUT2D eigenvalue weighted by Crippen LogP contribution is -2.50. The van der Waals surface area contributed by atoms with Crippen LogP contribution >= 0.6 is 0 Å². The van der Waals surface area contributed by atoms with Gasteiger partial charge >= 0.3 is 5.69 Å². The van der Waals surface area contributed by atoms with E-state index in [2.05, 4.69) is 26.9 Å². The van der Waals surface area contributed by atoms with Crippen LogP contribution in [0.1, 0.15) is 6.92 Å². The van der Waals surface area contributed by atoms with Gasteiger partial charge < -0.3 is 14.2 Å². The van der Waals surface area contributed by atoms with Gasteiger partial charge in [0, 0.05) is 52.0 Å². The van der Waals surface area contributed by atoms with E-state index in [1.807, 2.05) is 19.1 Å². The predicted molar refractivity (Wildman–Crippen MR) is 112 cm³/mol. The maximum absolute atomic E-state index is 12.9. The number of rotatable bonds is 5. The molecular weight excluding hydrogens is 372 g/mol. The molecule has 3 aromatic rings. The molecule has 29 heavy (non-hydrogen) atoms. The summed E-state index contributed by atoms with van der Waals surface area (Å²) in [5.74, 6) is 0.868. The van der Waals surface area contributed by atoms with Crippen molar-refractivity contribution in [2.45, 2.75) is 13.6 Å². The highest BCUT2D eigenvalue weighted by Crippen LogP contribution is 2.22. The molecule has 2 aromatic heterocycles. The summed E-state index contributed by atoms with van der Waals surface area (Å²) >= 11 is 0. The normalized spacial score (nSPS) is 15.2. The number of benzene rings is 1. The Hall–Kier alpha value is -3.07. The van der Waals surface area contributed by atoms with E-state index in [0.29, 0.717) is 17.8 Å². The van der Waals surface area contributed by atoms with Gasteiger partial charge in [-0.15, -0.1) is 0 Å². The molecule has 154 valence electrons. The molecule has 1 aliphatic rings. The zero-order chi connectivity index (χ0) is 20.5. The third-order valence-corrected chi connectivity index (χ3v) is 5.41. The van der Waals surface area contributed by atoms with Crippen molar-refractivity contribution in [3.63, 3.8) is 0 Å². The van der Waals surface area contributed by atoms with Gasteiger partial charge in [-0.3, -0.25) is 14.3 Å². The zero-order valence-electron chi connectivity index (χ0n) is 17.0. The molecule has 1 aliphatic heterocycles. The van der Waals surface area contributed by atoms with Crippen LogP contribution in [-0.4, -0.2) is 56.4 Å². The molecule has 0 aliphatic carbocycles. The summed E-state index contributed by atoms with van der Waals surface area (Å²) in [4.78, 5) is 34.2. The van der Waals surface area contributed by atoms with Crippen molar-refractivity contribution in [1.82, 2.24) is 23.6 Å². The van der Waals surface area contributed by atoms with Crippen LogP contribution in [0, 0.1) is 0 Å². The number of imidazole rings is 1. The Balaban J connectivity index is 1.51. The van der Waals surface area contributed by atoms with Crippen molar-refractivity contribution in [3.05, 3.63) is 51.4 Å². The van der Waals surface area contributed by atoms with E-state index in [1.54, 1.807) is 25.0 Å². The molecule has 0 N–H and O–H groups in total. The minimum Gasteiger partial charge on any atom is -0.494 e. The Labute approximate surface area is 168 Å². The van der Waals surface area contributed by atoms with E-state index in [0.717, 1.165) is 37.6 Å². The second-order valence-corrected chi connectivity index (χ2v) is 7.28. The van der Waals surface area contributed by atoms with Gasteiger partial charge in [-0.1, -0.05) is 6.07 Å². The Kier molecular flexibility index (Phi) is 5.14. The number of aromatic nitrogens is 4. The SMILES string of the molecule is CCOc1cccc(N2CCN(Cn3c(=O)c4c(ncn4C)n(C)c3=O)CC2)c1. The largest absolute Gasteiger partial charge is 0.494 e. The summed E-state index contributed by atoms with van der Waals surface area (Å²) in [5.41, 5.74) is 1.35. The van der Waals surface area contributed by atoms with Crippen molar-refractivity contribution < 1.29 is 4.74 Å². The highest BCUT2D eigenvalue weighted by atomic mass is 16.5. The molecule has 0 bridgehead atoms. The van der Waals surface area contributed by atoms with Crippen LogP contribution in [0.3, 0.4) is 0 Å². The Bertz CT molecular complexity index is 1140. The fourth-order valence-electron chi connectivity index (χ4n) is 3.81. The first-order valence-corrected chi connectivity index (χ1v) is 9.80. The van der Waals surface area contributed by atoms with Crippen molar-refractivity contribution >= 4 is 16.9 Å². The number of hydrogen-bond acceptors (Lipinski definition) is 6. The number of aryl methyl sites for hydroxylation is 2. The second kappa shape index (κ2) is 7.75. The Morgan fingerprint density at radius 3 is 2.59 bits per heavy atom. The van der Waals surface area contributed by atoms with Gasteiger partial charge in [0.15, 0.2) is 11.2 Å². The van der Waals surface area contributed by atoms with Crippen LogP contribution in [0.5, 0.6) is 5.75 Å². The third kappa shape index (κ3) is 3.53. The van der Waals surface area contributed by atoms with Gasteiger partial charge in [-0.2, -0.15) is 0 Å². The van der Waals surface area contributed by atoms with Crippen molar-refractivity contribution in [3.8, 4) is 5.75 Å². The lowest BCUT2D eigenvalue weighted by molar-refractivity contribution is 0.198. The highest BCUT2D eigenvalue weighted by molar-refractivity contribution is 5.69. The van der Waals surface area contributed by atoms with Gasteiger partial charge in [0.2, 0.25) is 0 Å². The highest BCUT2D eigenvalue weighted by Gasteiger charge is 2.21. The predicted octanol–water partition coefficient (Wildman–Crippen LogP) is 0.612. The van der Waals surface area contributed by atoms with Crippen LogP contribution in [0.15, 0.2) is 40.2 Å². The number of nitrogens with zero attached hydrogens (tertiary/aromatic N) is 6. The second-order valence-electron chi connectivity index (χ2n) is 7.28. The molecule has 0 amide bonds. The number of hydrogen-bond donors (Lipinski definition) is 0. The summed E-state index contributed by atoms with van der Waals surface area (Å²) in [7, 11) is 3.41. The number of anilines is 1. The topological polar surface area (TPSA) is 77.5 Å². The zero-order valence-corrected chi connectivity index (χ0v) is 17.0. The van der Waals surface area contributed by atoms with Crippen LogP contribution in [-0.2, 0) is 20.8 Å². The summed E-state index contributed by atoms with van der Waals surface area (Å²) in [6.07, 6.45) is 1.56. The average molecular weight is 398 g/mol. The van der Waals surface area contributed by atoms with Crippen molar-refractivity contribution in [2.75, 3.05) is 37.7 Å². The van der Waals surface area contributed by atoms with Gasteiger partial charge in [0.25, 0.3) is 5.56 Å². The van der Waals surface area contributed by atoms with Gasteiger partial charge in [-0.05, 0) is 19.1 Å². The van der Waals surface area contributed by atoms with E-state index in [9.17, 15) is 9.59 Å². The van der Waals surface area contributed by atoms with E-state index in [-0.39, 0.29) is 17.9 Å². The minimum absolute atomic E-state index is 0.277. The molecule has 1 aromatic carbocycles. The molecule has 9 heteroatoms. The van der Waals surface area contributed by atoms with Gasteiger partial charge in [0.05, 0.1) is 19.6 Å². The first kappa shape index (κ1) is 19.3. The maximum Gasteiger partial charge on any atom is 0.333 e. The number of piperazine rings is 1. The summed E-state index contributed by atoms with van der Waals surface area (Å²) in [6, 6.07) is 8.09. The molecular formula is C20H26N6O3. The minimum atomic E-state index is -0.340. The average Bonchev–Trinajstić information content (AvgIpc) is 3.12. The van der Waals surface area contributed by atoms with Crippen molar-refractivity contribution in [1.29, 1.82) is 0 Å². The quantitative estimate of drug-likeness (QED) is 0.627. The Morgan fingerprint density at radius 2 is 1.86 bits per heavy atom. The first-order chi connectivity index (χ1) is 14.0. The first-order valence-electron chi connectivity index (χ1n) is 9.80. The fourth-order valence-corrected chi connectivity index (χ4v) is 3.81. The summed E-state index contributed by atoms with van der Waals surface area (Å²) < 4.78 is 10.00. The monoisotopic (exact) mass is 398 g/mol. The molecule has 3 heterocycles. The fraction of sp³-hybridized carbons (Fsp3) is 0.450. The molecule has 4 rings (SSSR count). The smallest absolute Gasteiger partial charge is 0.333 e. The number of fused-ring (bicyclic) bond motifs is 1. The van der Waals surface area contributed by atoms with E-state index in [4.69, 9.17) is 4.74 Å². The molecule has 1 saturated heterocycles. The standard InChI is InChI=1S/C20H26N6O3/c1-4-29-16-7-5-6-15(12-16)25-10-8-24(9-11-25)14-26-19(27)17-18(21-13-22(17)2)23(3)20(26)28/h5-7,12-13H,4,8-11,14H2,1-3H3. The van der Waals surface area contributed by atoms with Gasteiger partial charge in [0.1, 0.15) is 5.75 Å². The molecule has 0 atom stereocenters. The van der Waals surface area contributed by atoms with Gasteiger partial charge in [-0.25, -0.2) is 14.3 Å². The molecule has 9 nitrogen and oxygen atoms in total. The maximum atomic E-state index is 12.9. The summed E-state index contributed by atoms with van der Waals surface area (Å²) in [5, 5.41) is 0. The van der Waals surface area contributed by atoms with E-state index >= 15 is 0 Å². The molecule has 1 fully saturated rings. The lowest BCUT2D eigenvalue weighted by atomic mass is 10.2. The molecule has 0 saturated carbocycles. The summed E-state index contributed by atoms with van der Waals surface area (Å²) in [6.45, 7) is 6.05. The molecule has 0 spiro atoms. The van der Waals surface area contributed by atoms with Crippen molar-refractivity contribution in [2.24, 2.45) is 14.1 Å². The third-order valence-electron chi connectivity index (χ3n) is 5.41. The van der Waals surface area contributed by atoms with E-state index < -0.39 is 0 Å². The van der Waals surface area contributed by atoms with Crippen LogP contribution in [0.25, 0.3) is 11.2 Å². The molecule has 0 unspecified atom stereocenters. The van der Waals surface area contributed by atoms with Crippen LogP contribution in [0.2, 0.25) is 0 Å². The number of ether oxygens (including phenoxy) is 1. The van der Waals surface area contributed by atoms with E-state index in [1.165, 1.54) is 9.13 Å². The van der Waals surface area contributed by atoms with Crippen LogP contribution < -0.4 is 20.9 Å². The molecule has 0 radical (unpaired) electrons. The Morgan fingerprint density at radius 1 is 1.10 bits per heavy atom.